The van der Waals surface area contributed by atoms with Crippen LogP contribution < -0.4 is 14.9 Å². The highest BCUT2D eigenvalue weighted by molar-refractivity contribution is 7.92. The number of nitrogens with zero attached hydrogens (tertiary/aromatic N) is 1. The molecule has 2 fully saturated rings. The maximum atomic E-state index is 12.6. The van der Waals surface area contributed by atoms with Gasteiger partial charge in [0.1, 0.15) is 0 Å². The number of carbonyl (C=O) groups is 2. The summed E-state index contributed by atoms with van der Waals surface area (Å²) in [5, 5.41) is 2.78. The van der Waals surface area contributed by atoms with E-state index in [1.54, 1.807) is 53.4 Å². The van der Waals surface area contributed by atoms with Crippen LogP contribution in [0.5, 0.6) is 0 Å². The summed E-state index contributed by atoms with van der Waals surface area (Å²) in [5.74, 6) is 0.188. The molecule has 2 amide bonds. The van der Waals surface area contributed by atoms with Gasteiger partial charge in [-0.2, -0.15) is 0 Å². The topological polar surface area (TPSA) is 95.6 Å². The second-order valence-corrected chi connectivity index (χ2v) is 8.76. The minimum atomic E-state index is -3.72. The fourth-order valence-corrected chi connectivity index (χ4v) is 4.66. The average Bonchev–Trinajstić information content (AvgIpc) is 3.31. The van der Waals surface area contributed by atoms with Crippen LogP contribution in [0.2, 0.25) is 0 Å². The van der Waals surface area contributed by atoms with Gasteiger partial charge in [-0.05, 0) is 48.4 Å². The molecule has 0 unspecified atom stereocenters. The molecule has 0 radical (unpaired) electrons. The molecule has 7 nitrogen and oxygen atoms in total. The molecule has 0 spiro atoms. The highest BCUT2D eigenvalue weighted by Gasteiger charge is 2.24. The normalized spacial score (nSPS) is 19.7. The number of benzene rings is 2. The van der Waals surface area contributed by atoms with E-state index in [-0.39, 0.29) is 22.6 Å². The van der Waals surface area contributed by atoms with E-state index in [0.717, 1.165) is 17.7 Å². The van der Waals surface area contributed by atoms with Crippen molar-refractivity contribution in [1.29, 1.82) is 0 Å². The first-order valence-electron chi connectivity index (χ1n) is 9.22. The number of hydrogen-bond donors (Lipinski definition) is 2. The van der Waals surface area contributed by atoms with Crippen LogP contribution in [0.15, 0.2) is 53.4 Å². The van der Waals surface area contributed by atoms with Crippen LogP contribution in [0, 0.1) is 0 Å². The van der Waals surface area contributed by atoms with Gasteiger partial charge in [-0.25, -0.2) is 8.42 Å². The molecule has 0 saturated carbocycles. The Morgan fingerprint density at radius 3 is 2.29 bits per heavy atom. The third kappa shape index (κ3) is 3.73. The molecule has 0 bridgehead atoms. The Hall–Kier alpha value is -2.87. The van der Waals surface area contributed by atoms with E-state index in [9.17, 15) is 18.0 Å². The zero-order valence-electron chi connectivity index (χ0n) is 15.2. The Bertz CT molecular complexity index is 1000. The quantitative estimate of drug-likeness (QED) is 0.806. The molecular weight excluding hydrogens is 378 g/mol. The summed E-state index contributed by atoms with van der Waals surface area (Å²) < 4.78 is 27.8. The van der Waals surface area contributed by atoms with Crippen molar-refractivity contribution in [3.63, 3.8) is 0 Å². The summed E-state index contributed by atoms with van der Waals surface area (Å²) >= 11 is 0. The SMILES string of the molecule is O=C1C[C@H](c2ccc(S(=O)(=O)Nc3ccc(N4CCCC4=O)cc3)cc2)CN1. The van der Waals surface area contributed by atoms with E-state index in [1.165, 1.54) is 0 Å². The van der Waals surface area contributed by atoms with Gasteiger partial charge in [0.05, 0.1) is 4.90 Å². The Balaban J connectivity index is 1.46. The van der Waals surface area contributed by atoms with Crippen LogP contribution >= 0.6 is 0 Å². The Kier molecular flexibility index (Phi) is 4.80. The molecule has 2 N–H and O–H groups in total. The van der Waals surface area contributed by atoms with Crippen molar-refractivity contribution in [2.75, 3.05) is 22.7 Å². The van der Waals surface area contributed by atoms with Crippen LogP contribution in [-0.4, -0.2) is 33.3 Å². The second kappa shape index (κ2) is 7.27. The fourth-order valence-electron chi connectivity index (χ4n) is 3.60. The molecule has 2 aliphatic rings. The van der Waals surface area contributed by atoms with Crippen LogP contribution in [-0.2, 0) is 19.6 Å². The predicted octanol–water partition coefficient (Wildman–Crippen LogP) is 2.22. The van der Waals surface area contributed by atoms with Crippen LogP contribution in [0.4, 0.5) is 11.4 Å². The molecule has 2 aromatic rings. The predicted molar refractivity (Wildman–Crippen MR) is 106 cm³/mol. The Morgan fingerprint density at radius 2 is 1.71 bits per heavy atom. The third-order valence-corrected chi connectivity index (χ3v) is 6.54. The van der Waals surface area contributed by atoms with Gasteiger partial charge in [-0.3, -0.25) is 14.3 Å². The van der Waals surface area contributed by atoms with Gasteiger partial charge in [-0.1, -0.05) is 12.1 Å². The number of anilines is 2. The number of sulfonamides is 1. The Morgan fingerprint density at radius 1 is 1.00 bits per heavy atom. The van der Waals surface area contributed by atoms with E-state index in [4.69, 9.17) is 0 Å². The van der Waals surface area contributed by atoms with Crippen LogP contribution in [0.1, 0.15) is 30.7 Å². The molecule has 2 saturated heterocycles. The first-order chi connectivity index (χ1) is 13.4. The summed E-state index contributed by atoms with van der Waals surface area (Å²) in [6.45, 7) is 1.27. The van der Waals surface area contributed by atoms with Crippen molar-refractivity contribution in [2.45, 2.75) is 30.1 Å². The first kappa shape index (κ1) is 18.5. The maximum absolute atomic E-state index is 12.6. The van der Waals surface area contributed by atoms with Crippen molar-refractivity contribution >= 4 is 33.2 Å². The molecule has 2 heterocycles. The zero-order valence-corrected chi connectivity index (χ0v) is 16.0. The molecule has 0 aliphatic carbocycles. The lowest BCUT2D eigenvalue weighted by atomic mass is 9.99. The Labute approximate surface area is 163 Å². The maximum Gasteiger partial charge on any atom is 0.261 e. The number of nitrogens with one attached hydrogen (secondary N) is 2. The highest BCUT2D eigenvalue weighted by atomic mass is 32.2. The minimum Gasteiger partial charge on any atom is -0.355 e. The number of carbonyl (C=O) groups excluding carboxylic acids is 2. The summed E-state index contributed by atoms with van der Waals surface area (Å²) in [7, 11) is -3.72. The highest BCUT2D eigenvalue weighted by Crippen LogP contribution is 2.26. The molecule has 146 valence electrons. The van der Waals surface area contributed by atoms with Crippen LogP contribution in [0.3, 0.4) is 0 Å². The lowest BCUT2D eigenvalue weighted by Gasteiger charge is -2.16. The second-order valence-electron chi connectivity index (χ2n) is 7.08. The zero-order chi connectivity index (χ0) is 19.7. The molecular formula is C20H21N3O4S. The summed E-state index contributed by atoms with van der Waals surface area (Å²) in [4.78, 5) is 25.0. The molecule has 2 aliphatic heterocycles. The fraction of sp³-hybridized carbons (Fsp3) is 0.300. The van der Waals surface area contributed by atoms with E-state index in [1.807, 2.05) is 0 Å². The van der Waals surface area contributed by atoms with Gasteiger partial charge in [0.2, 0.25) is 11.8 Å². The largest absolute Gasteiger partial charge is 0.355 e. The molecule has 0 aromatic heterocycles. The van der Waals surface area contributed by atoms with Gasteiger partial charge in [0.15, 0.2) is 0 Å². The van der Waals surface area contributed by atoms with Gasteiger partial charge in [-0.15, -0.1) is 0 Å². The molecule has 8 heteroatoms. The molecule has 2 aromatic carbocycles. The molecule has 1 atom stereocenters. The van der Waals surface area contributed by atoms with Gasteiger partial charge in [0.25, 0.3) is 10.0 Å². The van der Waals surface area contributed by atoms with Gasteiger partial charge >= 0.3 is 0 Å². The van der Waals surface area contributed by atoms with Crippen molar-refractivity contribution in [3.8, 4) is 0 Å². The standard InChI is InChI=1S/C20H21N3O4S/c24-19-12-15(13-21-19)14-3-9-18(10-4-14)28(26,27)22-16-5-7-17(8-6-16)23-11-1-2-20(23)25/h3-10,15,22H,1-2,11-13H2,(H,21,24)/t15-/m0/s1. The lowest BCUT2D eigenvalue weighted by molar-refractivity contribution is -0.119. The summed E-state index contributed by atoms with van der Waals surface area (Å²) in [6.07, 6.45) is 1.82. The number of amides is 2. The minimum absolute atomic E-state index is 0.0162. The summed E-state index contributed by atoms with van der Waals surface area (Å²) in [6, 6.07) is 13.4. The average molecular weight is 399 g/mol. The van der Waals surface area contributed by atoms with E-state index < -0.39 is 10.0 Å². The number of rotatable bonds is 5. The van der Waals surface area contributed by atoms with E-state index in [0.29, 0.717) is 31.6 Å². The summed E-state index contributed by atoms with van der Waals surface area (Å²) in [5.41, 5.74) is 2.15. The van der Waals surface area contributed by atoms with Crippen LogP contribution in [0.25, 0.3) is 0 Å². The van der Waals surface area contributed by atoms with Gasteiger partial charge in [0, 0.05) is 43.2 Å². The van der Waals surface area contributed by atoms with Crippen molar-refractivity contribution < 1.29 is 18.0 Å². The molecule has 28 heavy (non-hydrogen) atoms. The first-order valence-corrected chi connectivity index (χ1v) is 10.7. The lowest BCUT2D eigenvalue weighted by Crippen LogP contribution is -2.23. The van der Waals surface area contributed by atoms with E-state index in [2.05, 4.69) is 10.0 Å². The smallest absolute Gasteiger partial charge is 0.261 e. The number of hydrogen-bond acceptors (Lipinski definition) is 4. The van der Waals surface area contributed by atoms with Crippen molar-refractivity contribution in [2.24, 2.45) is 0 Å². The monoisotopic (exact) mass is 399 g/mol. The van der Waals surface area contributed by atoms with E-state index >= 15 is 0 Å². The van der Waals surface area contributed by atoms with Gasteiger partial charge < -0.3 is 10.2 Å². The molecule has 4 rings (SSSR count). The third-order valence-electron chi connectivity index (χ3n) is 5.14. The van der Waals surface area contributed by atoms with Crippen molar-refractivity contribution in [1.82, 2.24) is 5.32 Å². The van der Waals surface area contributed by atoms with Crippen molar-refractivity contribution in [3.05, 3.63) is 54.1 Å².